The number of carbonyl (C=O) groups is 2. The highest BCUT2D eigenvalue weighted by Gasteiger charge is 2.14. The van der Waals surface area contributed by atoms with Gasteiger partial charge in [-0.1, -0.05) is 12.1 Å². The van der Waals surface area contributed by atoms with Crippen molar-refractivity contribution in [2.75, 3.05) is 13.2 Å². The summed E-state index contributed by atoms with van der Waals surface area (Å²) in [5.74, 6) is -0.875. The van der Waals surface area contributed by atoms with Crippen LogP contribution in [0.15, 0.2) is 55.2 Å². The molecule has 10 nitrogen and oxygen atoms in total. The fraction of sp³-hybridized carbons (Fsp3) is 0.280. The van der Waals surface area contributed by atoms with Crippen LogP contribution in [-0.2, 0) is 9.47 Å². The third-order valence-electron chi connectivity index (χ3n) is 5.13. The fourth-order valence-electron chi connectivity index (χ4n) is 3.38. The van der Waals surface area contributed by atoms with E-state index in [-0.39, 0.29) is 17.2 Å². The molecule has 2 heterocycles. The van der Waals surface area contributed by atoms with Gasteiger partial charge in [-0.05, 0) is 83.8 Å². The standard InChI is InChI=1S/C14H15BrN2O3.C11H9BrN2O3/c1-4-20-14(19)9-5-6-10-11(7-9)13(18)17(8(2)3)16-12(10)15;1-2-17-11(16)6-3-4-7-8(5-6)10(15)14-13-9(7)12/h5-8H,4H2,1-3H3;3-5H,2H2,1H3,(H,14,15). The van der Waals surface area contributed by atoms with Crippen LogP contribution in [0.1, 0.15) is 54.5 Å². The molecule has 0 saturated carbocycles. The third-order valence-corrected chi connectivity index (χ3v) is 6.32. The van der Waals surface area contributed by atoms with Crippen LogP contribution in [0.25, 0.3) is 21.5 Å². The molecule has 0 atom stereocenters. The van der Waals surface area contributed by atoms with Crippen LogP contribution in [0.2, 0.25) is 0 Å². The molecule has 0 spiro atoms. The number of ether oxygens (including phenoxy) is 2. The van der Waals surface area contributed by atoms with Gasteiger partial charge in [0.25, 0.3) is 11.1 Å². The molecule has 0 saturated heterocycles. The molecular formula is C25H24Br2N4O6. The normalized spacial score (nSPS) is 10.8. The summed E-state index contributed by atoms with van der Waals surface area (Å²) in [4.78, 5) is 47.2. The summed E-state index contributed by atoms with van der Waals surface area (Å²) in [7, 11) is 0. The second kappa shape index (κ2) is 12.2. The van der Waals surface area contributed by atoms with E-state index in [9.17, 15) is 19.2 Å². The molecule has 0 amide bonds. The molecule has 2 aromatic heterocycles. The maximum atomic E-state index is 12.4. The lowest BCUT2D eigenvalue weighted by molar-refractivity contribution is 0.0517. The summed E-state index contributed by atoms with van der Waals surface area (Å²) >= 11 is 6.58. The first-order valence-corrected chi connectivity index (χ1v) is 12.9. The van der Waals surface area contributed by atoms with E-state index in [1.54, 1.807) is 44.2 Å². The van der Waals surface area contributed by atoms with E-state index < -0.39 is 11.9 Å². The number of esters is 2. The van der Waals surface area contributed by atoms with E-state index in [4.69, 9.17) is 9.47 Å². The second-order valence-corrected chi connectivity index (χ2v) is 9.44. The van der Waals surface area contributed by atoms with E-state index in [1.807, 2.05) is 13.8 Å². The summed E-state index contributed by atoms with van der Waals surface area (Å²) in [6.07, 6.45) is 0. The van der Waals surface area contributed by atoms with Gasteiger partial charge in [0.15, 0.2) is 0 Å². The van der Waals surface area contributed by atoms with Crippen LogP contribution in [0.5, 0.6) is 0 Å². The van der Waals surface area contributed by atoms with E-state index in [0.29, 0.717) is 55.1 Å². The highest BCUT2D eigenvalue weighted by molar-refractivity contribution is 9.10. The monoisotopic (exact) mass is 634 g/mol. The van der Waals surface area contributed by atoms with Gasteiger partial charge in [-0.15, -0.1) is 0 Å². The van der Waals surface area contributed by atoms with Crippen molar-refractivity contribution in [3.63, 3.8) is 0 Å². The number of halogens is 2. The molecule has 4 rings (SSSR count). The van der Waals surface area contributed by atoms with Gasteiger partial charge in [-0.2, -0.15) is 10.2 Å². The van der Waals surface area contributed by atoms with Crippen molar-refractivity contribution in [2.24, 2.45) is 0 Å². The Bertz CT molecular complexity index is 1600. The number of benzene rings is 2. The van der Waals surface area contributed by atoms with Crippen LogP contribution in [-0.4, -0.2) is 45.1 Å². The number of fused-ring (bicyclic) bond motifs is 2. The van der Waals surface area contributed by atoms with Crippen molar-refractivity contribution < 1.29 is 19.1 Å². The Morgan fingerprint density at radius 3 is 1.89 bits per heavy atom. The largest absolute Gasteiger partial charge is 0.462 e. The first-order valence-electron chi connectivity index (χ1n) is 11.3. The Balaban J connectivity index is 0.000000208. The van der Waals surface area contributed by atoms with Crippen molar-refractivity contribution in [1.29, 1.82) is 0 Å². The number of H-pyrrole nitrogens is 1. The highest BCUT2D eigenvalue weighted by Crippen LogP contribution is 2.22. The van der Waals surface area contributed by atoms with Gasteiger partial charge in [-0.25, -0.2) is 19.4 Å². The molecule has 4 aromatic rings. The molecule has 194 valence electrons. The minimum absolute atomic E-state index is 0.0607. The summed E-state index contributed by atoms with van der Waals surface area (Å²) < 4.78 is 12.3. The van der Waals surface area contributed by atoms with Gasteiger partial charge in [0.1, 0.15) is 9.21 Å². The SMILES string of the molecule is CCOC(=O)c1ccc2c(Br)n[nH]c(=O)c2c1.CCOC(=O)c1ccc2c(Br)nn(C(C)C)c(=O)c2c1. The number of rotatable bonds is 5. The summed E-state index contributed by atoms with van der Waals surface area (Å²) in [5, 5.41) is 12.5. The zero-order chi connectivity index (χ0) is 27.3. The van der Waals surface area contributed by atoms with E-state index in [2.05, 4.69) is 47.2 Å². The van der Waals surface area contributed by atoms with Gasteiger partial charge in [-0.3, -0.25) is 9.59 Å². The number of nitrogens with one attached hydrogen (secondary N) is 1. The van der Waals surface area contributed by atoms with Crippen molar-refractivity contribution >= 4 is 65.3 Å². The molecule has 0 fully saturated rings. The fourth-order valence-corrected chi connectivity index (χ4v) is 4.33. The number of nitrogens with zero attached hydrogens (tertiary/aromatic N) is 3. The zero-order valence-corrected chi connectivity index (χ0v) is 23.7. The van der Waals surface area contributed by atoms with Gasteiger partial charge in [0.05, 0.1) is 41.2 Å². The van der Waals surface area contributed by atoms with Crippen LogP contribution in [0, 0.1) is 0 Å². The maximum absolute atomic E-state index is 12.4. The van der Waals surface area contributed by atoms with Gasteiger partial charge >= 0.3 is 11.9 Å². The van der Waals surface area contributed by atoms with Crippen molar-refractivity contribution in [3.8, 4) is 0 Å². The molecule has 12 heteroatoms. The molecule has 0 aliphatic carbocycles. The van der Waals surface area contributed by atoms with Crippen LogP contribution >= 0.6 is 31.9 Å². The van der Waals surface area contributed by atoms with Gasteiger partial charge in [0, 0.05) is 10.8 Å². The zero-order valence-electron chi connectivity index (χ0n) is 20.5. The van der Waals surface area contributed by atoms with Gasteiger partial charge < -0.3 is 9.47 Å². The first kappa shape index (κ1) is 28.2. The number of aromatic amines is 1. The van der Waals surface area contributed by atoms with E-state index in [0.717, 1.165) is 0 Å². The maximum Gasteiger partial charge on any atom is 0.338 e. The average molecular weight is 636 g/mol. The summed E-state index contributed by atoms with van der Waals surface area (Å²) in [6, 6.07) is 9.59. The number of aromatic nitrogens is 4. The number of hydrogen-bond acceptors (Lipinski definition) is 8. The van der Waals surface area contributed by atoms with E-state index in [1.165, 1.54) is 10.7 Å². The minimum Gasteiger partial charge on any atom is -0.462 e. The lowest BCUT2D eigenvalue weighted by atomic mass is 10.1. The van der Waals surface area contributed by atoms with Crippen molar-refractivity contribution in [3.05, 3.63) is 77.4 Å². The Morgan fingerprint density at radius 1 is 0.865 bits per heavy atom. The van der Waals surface area contributed by atoms with Crippen molar-refractivity contribution in [2.45, 2.75) is 33.7 Å². The molecule has 0 bridgehead atoms. The predicted octanol–water partition coefficient (Wildman–Crippen LogP) is 4.78. The van der Waals surface area contributed by atoms with Crippen LogP contribution in [0.4, 0.5) is 0 Å². The lowest BCUT2D eigenvalue weighted by Gasteiger charge is -2.11. The Labute approximate surface area is 228 Å². The number of carbonyl (C=O) groups excluding carboxylic acids is 2. The van der Waals surface area contributed by atoms with Gasteiger partial charge in [0.2, 0.25) is 0 Å². The average Bonchev–Trinajstić information content (AvgIpc) is 2.88. The van der Waals surface area contributed by atoms with Crippen LogP contribution in [0.3, 0.4) is 0 Å². The highest BCUT2D eigenvalue weighted by atomic mass is 79.9. The van der Waals surface area contributed by atoms with Crippen molar-refractivity contribution in [1.82, 2.24) is 20.0 Å². The third kappa shape index (κ3) is 6.31. The molecule has 0 unspecified atom stereocenters. The first-order chi connectivity index (χ1) is 17.6. The molecule has 0 aliphatic rings. The lowest BCUT2D eigenvalue weighted by Crippen LogP contribution is -2.25. The smallest absolute Gasteiger partial charge is 0.338 e. The Hall–Kier alpha value is -3.38. The quantitative estimate of drug-likeness (QED) is 0.310. The summed E-state index contributed by atoms with van der Waals surface area (Å²) in [5.41, 5.74) is 0.159. The molecule has 0 radical (unpaired) electrons. The molecule has 1 N–H and O–H groups in total. The number of hydrogen-bond donors (Lipinski definition) is 1. The molecule has 2 aromatic carbocycles. The van der Waals surface area contributed by atoms with E-state index >= 15 is 0 Å². The Morgan fingerprint density at radius 2 is 1.38 bits per heavy atom. The predicted molar refractivity (Wildman–Crippen MR) is 146 cm³/mol. The second-order valence-electron chi connectivity index (χ2n) is 7.94. The molecule has 37 heavy (non-hydrogen) atoms. The molecular weight excluding hydrogens is 612 g/mol. The summed E-state index contributed by atoms with van der Waals surface area (Å²) in [6.45, 7) is 7.82. The Kier molecular flexibility index (Phi) is 9.33. The minimum atomic E-state index is -0.443. The molecule has 0 aliphatic heterocycles. The topological polar surface area (TPSA) is 133 Å². The van der Waals surface area contributed by atoms with Crippen LogP contribution < -0.4 is 11.1 Å².